The molecule has 2 amide bonds. The number of aliphatic carboxylic acids is 1. The third-order valence-corrected chi connectivity index (χ3v) is 7.04. The lowest BCUT2D eigenvalue weighted by Crippen LogP contribution is -2.65. The molecule has 208 valence electrons. The molecule has 1 saturated heterocycles. The first-order valence-electron chi connectivity index (χ1n) is 11.7. The summed E-state index contributed by atoms with van der Waals surface area (Å²) in [6.45, 7) is -0.630. The number of carboxylic acids is 1. The van der Waals surface area contributed by atoms with Gasteiger partial charge in [-0.05, 0) is 29.3 Å². The van der Waals surface area contributed by atoms with E-state index in [0.717, 1.165) is 21.9 Å². The Balaban J connectivity index is 1.34. The Hall–Kier alpha value is -4.72. The molecule has 12 nitrogen and oxygen atoms in total. The summed E-state index contributed by atoms with van der Waals surface area (Å²) in [4.78, 5) is 41.8. The maximum absolute atomic E-state index is 14.2. The average Bonchev–Trinajstić information content (AvgIpc) is 3.37. The zero-order chi connectivity index (χ0) is 28.7. The summed E-state index contributed by atoms with van der Waals surface area (Å²) in [5, 5.41) is 32.3. The van der Waals surface area contributed by atoms with Crippen LogP contribution < -0.4 is 4.74 Å². The van der Waals surface area contributed by atoms with Crippen LogP contribution in [0.3, 0.4) is 0 Å². The van der Waals surface area contributed by atoms with Crippen LogP contribution in [0.1, 0.15) is 11.3 Å². The average molecular weight is 577 g/mol. The Bertz CT molecular complexity index is 1530. The van der Waals surface area contributed by atoms with Gasteiger partial charge < -0.3 is 29.5 Å². The number of aromatic nitrogens is 2. The Morgan fingerprint density at radius 2 is 1.82 bits per heavy atom. The van der Waals surface area contributed by atoms with Crippen LogP contribution in [0.25, 0.3) is 16.8 Å². The van der Waals surface area contributed by atoms with Gasteiger partial charge in [0.1, 0.15) is 23.2 Å². The van der Waals surface area contributed by atoms with Crippen molar-refractivity contribution in [3.05, 3.63) is 70.6 Å². The van der Waals surface area contributed by atoms with E-state index in [-0.39, 0.29) is 42.6 Å². The number of amides is 2. The minimum Gasteiger partial charge on any atom is -0.481 e. The quantitative estimate of drug-likeness (QED) is 0.364. The van der Waals surface area contributed by atoms with Gasteiger partial charge in [-0.3, -0.25) is 9.69 Å². The third kappa shape index (κ3) is 4.88. The number of ether oxygens (including phenoxy) is 1. The number of benzene rings is 1. The normalized spacial score (nSPS) is 20.2. The molecule has 3 atom stereocenters. The lowest BCUT2D eigenvalue weighted by molar-refractivity contribution is -0.142. The molecule has 2 aliphatic rings. The molecule has 0 saturated carbocycles. The molecule has 1 fully saturated rings. The summed E-state index contributed by atoms with van der Waals surface area (Å²) < 4.78 is 38.6. The molecule has 0 spiro atoms. The molecule has 0 aliphatic carbocycles. The van der Waals surface area contributed by atoms with Crippen molar-refractivity contribution < 1.29 is 47.7 Å². The smallest absolute Gasteiger partial charge is 0.408 e. The molecule has 2 aliphatic heterocycles. The number of hydrogen-bond donors (Lipinski definition) is 3. The first-order valence-corrected chi connectivity index (χ1v) is 12.0. The van der Waals surface area contributed by atoms with E-state index < -0.39 is 52.8 Å². The molecule has 1 unspecified atom stereocenters. The van der Waals surface area contributed by atoms with Crippen LogP contribution in [-0.2, 0) is 11.4 Å². The number of halogens is 3. The summed E-state index contributed by atoms with van der Waals surface area (Å²) in [5.41, 5.74) is 0.403. The zero-order valence-electron chi connectivity index (χ0n) is 20.2. The number of nitrogens with zero attached hydrogens (tertiary/aromatic N) is 4. The highest BCUT2D eigenvalue weighted by molar-refractivity contribution is 6.33. The molecule has 0 radical (unpaired) electrons. The lowest BCUT2D eigenvalue weighted by Gasteiger charge is -2.49. The highest BCUT2D eigenvalue weighted by Gasteiger charge is 2.49. The first kappa shape index (κ1) is 26.9. The van der Waals surface area contributed by atoms with Gasteiger partial charge in [-0.25, -0.2) is 23.4 Å². The standard InChI is InChI=1S/C25H19ClF2N4O8/c26-22-16(28)3-2-15(27)21(22)17-6-13(40-30-17)10-39-19-4-1-11(7-29-19)14-5-12-8-31(24(35)36)9-18(20(14)23(33)34)32(12)25(37)38/h1-7,12,18,20H,8-10H2,(H,33,34)(H,35,36)(H,37,38)/t12-,18-,20?/m1/s1. The predicted molar refractivity (Wildman–Crippen MR) is 132 cm³/mol. The highest BCUT2D eigenvalue weighted by atomic mass is 35.5. The topological polar surface area (TPSA) is 167 Å². The summed E-state index contributed by atoms with van der Waals surface area (Å²) in [7, 11) is 0. The van der Waals surface area contributed by atoms with Crippen molar-refractivity contribution in [1.82, 2.24) is 19.9 Å². The molecule has 15 heteroatoms. The fraction of sp³-hybridized carbons (Fsp3) is 0.240. The minimum absolute atomic E-state index is 0.0322. The van der Waals surface area contributed by atoms with Gasteiger partial charge in [-0.2, -0.15) is 0 Å². The van der Waals surface area contributed by atoms with Crippen LogP contribution in [0.5, 0.6) is 5.88 Å². The molecule has 2 bridgehead atoms. The summed E-state index contributed by atoms with van der Waals surface area (Å²) >= 11 is 5.86. The zero-order valence-corrected chi connectivity index (χ0v) is 21.0. The van der Waals surface area contributed by atoms with Crippen molar-refractivity contribution in [2.75, 3.05) is 13.1 Å². The van der Waals surface area contributed by atoms with Gasteiger partial charge in [0.15, 0.2) is 12.4 Å². The second-order valence-electron chi connectivity index (χ2n) is 9.02. The number of piperazine rings is 1. The van der Waals surface area contributed by atoms with Crippen molar-refractivity contribution in [3.8, 4) is 17.1 Å². The van der Waals surface area contributed by atoms with E-state index in [1.165, 1.54) is 24.4 Å². The number of fused-ring (bicyclic) bond motifs is 2. The van der Waals surface area contributed by atoms with E-state index in [1.807, 2.05) is 0 Å². The summed E-state index contributed by atoms with van der Waals surface area (Å²) in [6, 6.07) is 4.11. The van der Waals surface area contributed by atoms with Crippen molar-refractivity contribution in [1.29, 1.82) is 0 Å². The molecule has 3 N–H and O–H groups in total. The van der Waals surface area contributed by atoms with E-state index in [1.54, 1.807) is 6.07 Å². The molecule has 2 aromatic heterocycles. The number of carboxylic acid groups (broad SMARTS) is 3. The van der Waals surface area contributed by atoms with Crippen LogP contribution in [0.15, 0.2) is 47.1 Å². The maximum atomic E-state index is 14.2. The number of carbonyl (C=O) groups is 3. The van der Waals surface area contributed by atoms with Crippen LogP contribution in [0, 0.1) is 17.6 Å². The van der Waals surface area contributed by atoms with Crippen molar-refractivity contribution in [2.24, 2.45) is 5.92 Å². The van der Waals surface area contributed by atoms with E-state index in [4.69, 9.17) is 20.9 Å². The van der Waals surface area contributed by atoms with Crippen molar-refractivity contribution in [3.63, 3.8) is 0 Å². The molecule has 40 heavy (non-hydrogen) atoms. The Morgan fingerprint density at radius 3 is 2.48 bits per heavy atom. The molecule has 3 aromatic rings. The van der Waals surface area contributed by atoms with Gasteiger partial charge in [-0.1, -0.05) is 22.8 Å². The van der Waals surface area contributed by atoms with Crippen molar-refractivity contribution >= 4 is 35.3 Å². The van der Waals surface area contributed by atoms with Gasteiger partial charge in [0.25, 0.3) is 0 Å². The second-order valence-corrected chi connectivity index (χ2v) is 9.40. The SMILES string of the molecule is O=C(O)C1C(c2ccc(OCc3cc(-c4c(F)ccc(F)c4Cl)no3)nc2)=C[C@@H]2CN(C(=O)O)C[C@H]1N2C(=O)O. The van der Waals surface area contributed by atoms with E-state index in [2.05, 4.69) is 10.1 Å². The predicted octanol–water partition coefficient (Wildman–Crippen LogP) is 4.06. The summed E-state index contributed by atoms with van der Waals surface area (Å²) in [5.74, 6) is -3.99. The number of rotatable bonds is 6. The minimum atomic E-state index is -1.35. The number of hydrogen-bond acceptors (Lipinski definition) is 7. The van der Waals surface area contributed by atoms with E-state index in [0.29, 0.717) is 11.1 Å². The fourth-order valence-corrected chi connectivity index (χ4v) is 5.17. The summed E-state index contributed by atoms with van der Waals surface area (Å²) in [6.07, 6.45) is 0.169. The highest BCUT2D eigenvalue weighted by Crippen LogP contribution is 2.39. The van der Waals surface area contributed by atoms with E-state index in [9.17, 15) is 38.5 Å². The van der Waals surface area contributed by atoms with Gasteiger partial charge >= 0.3 is 18.2 Å². The largest absolute Gasteiger partial charge is 0.481 e. The van der Waals surface area contributed by atoms with Crippen LogP contribution in [-0.4, -0.2) is 78.6 Å². The van der Waals surface area contributed by atoms with Crippen LogP contribution in [0.4, 0.5) is 18.4 Å². The number of pyridine rings is 1. The first-order chi connectivity index (χ1) is 19.0. The molecule has 4 heterocycles. The Kier molecular flexibility index (Phi) is 7.02. The van der Waals surface area contributed by atoms with Crippen molar-refractivity contribution in [2.45, 2.75) is 18.7 Å². The lowest BCUT2D eigenvalue weighted by atomic mass is 9.79. The maximum Gasteiger partial charge on any atom is 0.408 e. The van der Waals surface area contributed by atoms with Crippen LogP contribution >= 0.6 is 11.6 Å². The van der Waals surface area contributed by atoms with Gasteiger partial charge in [0.05, 0.1) is 22.7 Å². The molecule has 1 aromatic carbocycles. The van der Waals surface area contributed by atoms with E-state index >= 15 is 0 Å². The van der Waals surface area contributed by atoms with Crippen LogP contribution in [0.2, 0.25) is 5.02 Å². The monoisotopic (exact) mass is 576 g/mol. The second kappa shape index (κ2) is 10.4. The third-order valence-electron chi connectivity index (χ3n) is 6.67. The van der Waals surface area contributed by atoms with Gasteiger partial charge in [0.2, 0.25) is 5.88 Å². The molecular formula is C25H19ClF2N4O8. The fourth-order valence-electron chi connectivity index (χ4n) is 4.92. The molecule has 5 rings (SSSR count). The van der Waals surface area contributed by atoms with Gasteiger partial charge in [-0.15, -0.1) is 0 Å². The molecular weight excluding hydrogens is 558 g/mol. The Morgan fingerprint density at radius 1 is 1.07 bits per heavy atom. The Labute approximate surface area is 228 Å². The van der Waals surface area contributed by atoms with Gasteiger partial charge in [0, 0.05) is 31.4 Å².